The number of rotatable bonds is 4. The first kappa shape index (κ1) is 13.5. The first-order valence-corrected chi connectivity index (χ1v) is 8.72. The zero-order chi connectivity index (χ0) is 12.4. The molecule has 1 fully saturated rings. The average Bonchev–Trinajstić information content (AvgIpc) is 2.49. The van der Waals surface area contributed by atoms with Gasteiger partial charge in [0.1, 0.15) is 6.10 Å². The van der Waals surface area contributed by atoms with Gasteiger partial charge in [-0.15, -0.1) is 0 Å². The summed E-state index contributed by atoms with van der Waals surface area (Å²) >= 11 is 0. The Balaban J connectivity index is 2.27. The molecule has 1 aliphatic rings. The van der Waals surface area contributed by atoms with Gasteiger partial charge in [-0.25, -0.2) is 4.79 Å². The van der Waals surface area contributed by atoms with Crippen LogP contribution in [-0.4, -0.2) is 33.7 Å². The monoisotopic (exact) mass is 245 g/mol. The fourth-order valence-electron chi connectivity index (χ4n) is 1.25. The Kier molecular flexibility index (Phi) is 4.01. The highest BCUT2D eigenvalue weighted by atomic mass is 28.4. The Bertz CT molecular complexity index is 260. The highest BCUT2D eigenvalue weighted by Gasteiger charge is 2.37. The van der Waals surface area contributed by atoms with Gasteiger partial charge in [0.15, 0.2) is 8.32 Å². The second kappa shape index (κ2) is 4.75. The SMILES string of the molecule is CC(C)(C)[Si](C)(C)OCC[C@H]1CNC(=O)O1. The van der Waals surface area contributed by atoms with Gasteiger partial charge in [0.2, 0.25) is 0 Å². The van der Waals surface area contributed by atoms with Crippen molar-refractivity contribution in [1.29, 1.82) is 0 Å². The molecule has 16 heavy (non-hydrogen) atoms. The molecule has 0 aromatic rings. The third-order valence-corrected chi connectivity index (χ3v) is 7.99. The smallest absolute Gasteiger partial charge is 0.407 e. The summed E-state index contributed by atoms with van der Waals surface area (Å²) in [6.07, 6.45) is 0.459. The molecule has 0 aliphatic carbocycles. The summed E-state index contributed by atoms with van der Waals surface area (Å²) in [7, 11) is -1.65. The van der Waals surface area contributed by atoms with Crippen molar-refractivity contribution in [2.24, 2.45) is 0 Å². The van der Waals surface area contributed by atoms with Crippen molar-refractivity contribution in [3.63, 3.8) is 0 Å². The Labute approximate surface area is 98.8 Å². The normalized spacial score (nSPS) is 21.8. The van der Waals surface area contributed by atoms with Gasteiger partial charge in [0.25, 0.3) is 0 Å². The summed E-state index contributed by atoms with van der Waals surface area (Å²) in [5, 5.41) is 2.88. The van der Waals surface area contributed by atoms with Crippen molar-refractivity contribution in [3.05, 3.63) is 0 Å². The predicted molar refractivity (Wildman–Crippen MR) is 66.0 cm³/mol. The number of hydrogen-bond donors (Lipinski definition) is 1. The van der Waals surface area contributed by atoms with Gasteiger partial charge in [-0.05, 0) is 18.1 Å². The van der Waals surface area contributed by atoms with E-state index < -0.39 is 8.32 Å². The summed E-state index contributed by atoms with van der Waals surface area (Å²) in [4.78, 5) is 10.8. The first-order valence-electron chi connectivity index (χ1n) is 5.81. The van der Waals surface area contributed by atoms with E-state index in [0.29, 0.717) is 13.2 Å². The number of ether oxygens (including phenoxy) is 1. The molecule has 0 aromatic carbocycles. The molecule has 1 rings (SSSR count). The number of carbonyl (C=O) groups is 1. The van der Waals surface area contributed by atoms with Crippen LogP contribution in [0.15, 0.2) is 0 Å². The molecule has 0 aromatic heterocycles. The van der Waals surface area contributed by atoms with Crippen LogP contribution in [0.1, 0.15) is 27.2 Å². The summed E-state index contributed by atoms with van der Waals surface area (Å²) in [6, 6.07) is 0. The fourth-order valence-corrected chi connectivity index (χ4v) is 2.32. The van der Waals surface area contributed by atoms with Gasteiger partial charge in [-0.2, -0.15) is 0 Å². The van der Waals surface area contributed by atoms with E-state index in [1.807, 2.05) is 0 Å². The number of carbonyl (C=O) groups excluding carboxylic acids is 1. The van der Waals surface area contributed by atoms with Crippen LogP contribution in [0.25, 0.3) is 0 Å². The molecule has 0 unspecified atom stereocenters. The van der Waals surface area contributed by atoms with Crippen LogP contribution in [0.3, 0.4) is 0 Å². The van der Waals surface area contributed by atoms with Gasteiger partial charge in [-0.3, -0.25) is 0 Å². The molecule has 0 bridgehead atoms. The van der Waals surface area contributed by atoms with Crippen molar-refractivity contribution >= 4 is 14.4 Å². The van der Waals surface area contributed by atoms with Gasteiger partial charge in [-0.1, -0.05) is 20.8 Å². The molecule has 0 saturated carbocycles. The Hall–Kier alpha value is -0.553. The maximum atomic E-state index is 10.8. The lowest BCUT2D eigenvalue weighted by Gasteiger charge is -2.36. The highest BCUT2D eigenvalue weighted by molar-refractivity contribution is 6.74. The van der Waals surface area contributed by atoms with Crippen LogP contribution < -0.4 is 5.32 Å². The van der Waals surface area contributed by atoms with Crippen molar-refractivity contribution in [2.45, 2.75) is 51.4 Å². The number of amides is 1. The third-order valence-electron chi connectivity index (χ3n) is 3.46. The van der Waals surface area contributed by atoms with E-state index in [9.17, 15) is 4.79 Å². The van der Waals surface area contributed by atoms with Crippen molar-refractivity contribution in [1.82, 2.24) is 5.32 Å². The van der Waals surface area contributed by atoms with Crippen LogP contribution >= 0.6 is 0 Å². The lowest BCUT2D eigenvalue weighted by Crippen LogP contribution is -2.41. The minimum absolute atomic E-state index is 0.0164. The average molecular weight is 245 g/mol. The van der Waals surface area contributed by atoms with E-state index in [4.69, 9.17) is 9.16 Å². The number of alkyl carbamates (subject to hydrolysis) is 1. The largest absolute Gasteiger partial charge is 0.444 e. The number of nitrogens with one attached hydrogen (secondary N) is 1. The van der Waals surface area contributed by atoms with E-state index in [0.717, 1.165) is 6.42 Å². The topological polar surface area (TPSA) is 47.6 Å². The fraction of sp³-hybridized carbons (Fsp3) is 0.909. The minimum atomic E-state index is -1.65. The van der Waals surface area contributed by atoms with Gasteiger partial charge in [0.05, 0.1) is 6.54 Å². The van der Waals surface area contributed by atoms with Crippen LogP contribution in [0.4, 0.5) is 4.79 Å². The third kappa shape index (κ3) is 3.49. The number of cyclic esters (lactones) is 1. The quantitative estimate of drug-likeness (QED) is 0.774. The summed E-state index contributed by atoms with van der Waals surface area (Å²) in [5.74, 6) is 0. The summed E-state index contributed by atoms with van der Waals surface area (Å²) in [5.41, 5.74) is 0. The van der Waals surface area contributed by atoms with Crippen molar-refractivity contribution in [3.8, 4) is 0 Å². The molecule has 1 atom stereocenters. The standard InChI is InChI=1S/C11H23NO3Si/c1-11(2,3)16(4,5)14-7-6-9-8-12-10(13)15-9/h9H,6-8H2,1-5H3,(H,12,13)/t9-/m0/s1. The molecule has 1 N–H and O–H groups in total. The molecule has 94 valence electrons. The lowest BCUT2D eigenvalue weighted by molar-refractivity contribution is 0.122. The lowest BCUT2D eigenvalue weighted by atomic mass is 10.2. The van der Waals surface area contributed by atoms with Gasteiger partial charge < -0.3 is 14.5 Å². The zero-order valence-corrected chi connectivity index (χ0v) is 11.9. The molecule has 1 heterocycles. The predicted octanol–water partition coefficient (Wildman–Crippen LogP) is 2.51. The molecule has 0 spiro atoms. The molecule has 1 saturated heterocycles. The number of hydrogen-bond acceptors (Lipinski definition) is 3. The Morgan fingerprint density at radius 2 is 2.12 bits per heavy atom. The van der Waals surface area contributed by atoms with E-state index >= 15 is 0 Å². The van der Waals surface area contributed by atoms with Crippen LogP contribution in [0.5, 0.6) is 0 Å². The Morgan fingerprint density at radius 1 is 1.50 bits per heavy atom. The van der Waals surface area contributed by atoms with Gasteiger partial charge in [0, 0.05) is 13.0 Å². The van der Waals surface area contributed by atoms with E-state index in [-0.39, 0.29) is 17.2 Å². The summed E-state index contributed by atoms with van der Waals surface area (Å²) in [6.45, 7) is 12.4. The molecule has 1 amide bonds. The van der Waals surface area contributed by atoms with Crippen LogP contribution in [0, 0.1) is 0 Å². The maximum Gasteiger partial charge on any atom is 0.407 e. The Morgan fingerprint density at radius 3 is 2.56 bits per heavy atom. The van der Waals surface area contributed by atoms with E-state index in [1.165, 1.54) is 0 Å². The minimum Gasteiger partial charge on any atom is -0.444 e. The maximum absolute atomic E-state index is 10.8. The molecule has 1 aliphatic heterocycles. The second-order valence-corrected chi connectivity index (χ2v) is 10.6. The van der Waals surface area contributed by atoms with Crippen LogP contribution in [0.2, 0.25) is 18.1 Å². The highest BCUT2D eigenvalue weighted by Crippen LogP contribution is 2.36. The van der Waals surface area contributed by atoms with Gasteiger partial charge >= 0.3 is 6.09 Å². The van der Waals surface area contributed by atoms with E-state index in [2.05, 4.69) is 39.2 Å². The molecular formula is C11H23NO3Si. The summed E-state index contributed by atoms with van der Waals surface area (Å²) < 4.78 is 11.1. The second-order valence-electron chi connectivity index (χ2n) is 5.81. The van der Waals surface area contributed by atoms with E-state index in [1.54, 1.807) is 0 Å². The van der Waals surface area contributed by atoms with Crippen LogP contribution in [-0.2, 0) is 9.16 Å². The molecule has 4 nitrogen and oxygen atoms in total. The van der Waals surface area contributed by atoms with Crippen molar-refractivity contribution < 1.29 is 14.0 Å². The molecule has 0 radical (unpaired) electrons. The molecular weight excluding hydrogens is 222 g/mol. The molecule has 5 heteroatoms. The zero-order valence-electron chi connectivity index (χ0n) is 10.9. The van der Waals surface area contributed by atoms with Crippen molar-refractivity contribution in [2.75, 3.05) is 13.2 Å². The first-order chi connectivity index (χ1) is 7.22.